The van der Waals surface area contributed by atoms with Crippen molar-refractivity contribution in [3.63, 3.8) is 0 Å². The Hall–Kier alpha value is -1.11. The Morgan fingerprint density at radius 2 is 1.92 bits per heavy atom. The number of nitrogens with zero attached hydrogens (tertiary/aromatic N) is 2. The van der Waals surface area contributed by atoms with Crippen LogP contribution >= 0.6 is 15.9 Å². The lowest BCUT2D eigenvalue weighted by atomic mass is 9.95. The van der Waals surface area contributed by atoms with Gasteiger partial charge in [-0.25, -0.2) is 0 Å². The lowest BCUT2D eigenvalue weighted by molar-refractivity contribution is 0.167. The molecule has 0 atom stereocenters. The van der Waals surface area contributed by atoms with E-state index in [2.05, 4.69) is 67.6 Å². The molecular formula is C20H33BrN4O. The fourth-order valence-electron chi connectivity index (χ4n) is 2.94. The number of rotatable bonds is 7. The SMILES string of the molecule is CCNC(=NCC(C)(C)CO)NC1CCN(Cc2ccc(Br)cc2)CC1. The van der Waals surface area contributed by atoms with Crippen LogP contribution in [0.15, 0.2) is 33.7 Å². The quantitative estimate of drug-likeness (QED) is 0.465. The highest BCUT2D eigenvalue weighted by Gasteiger charge is 2.21. The predicted octanol–water partition coefficient (Wildman–Crippen LogP) is 2.99. The number of hydrogen-bond donors (Lipinski definition) is 3. The van der Waals surface area contributed by atoms with E-state index in [9.17, 15) is 5.11 Å². The summed E-state index contributed by atoms with van der Waals surface area (Å²) in [6.07, 6.45) is 2.23. The molecule has 0 spiro atoms. The number of likely N-dealkylation sites (tertiary alicyclic amines) is 1. The first kappa shape index (κ1) is 21.2. The molecular weight excluding hydrogens is 392 g/mol. The number of aliphatic imine (C=N–C) groups is 1. The lowest BCUT2D eigenvalue weighted by Gasteiger charge is -2.33. The van der Waals surface area contributed by atoms with Crippen molar-refractivity contribution in [2.75, 3.05) is 32.8 Å². The van der Waals surface area contributed by atoms with Crippen molar-refractivity contribution < 1.29 is 5.11 Å². The summed E-state index contributed by atoms with van der Waals surface area (Å²) in [5.74, 6) is 0.861. The first-order valence-electron chi connectivity index (χ1n) is 9.54. The molecule has 1 aromatic rings. The normalized spacial score (nSPS) is 17.3. The van der Waals surface area contributed by atoms with Crippen LogP contribution in [0.3, 0.4) is 0 Å². The van der Waals surface area contributed by atoms with Gasteiger partial charge in [-0.05, 0) is 37.5 Å². The highest BCUT2D eigenvalue weighted by Crippen LogP contribution is 2.17. The van der Waals surface area contributed by atoms with Crippen LogP contribution in [0.2, 0.25) is 0 Å². The van der Waals surface area contributed by atoms with Gasteiger partial charge in [-0.15, -0.1) is 0 Å². The van der Waals surface area contributed by atoms with E-state index in [4.69, 9.17) is 0 Å². The van der Waals surface area contributed by atoms with Gasteiger partial charge in [0, 0.05) is 48.7 Å². The fraction of sp³-hybridized carbons (Fsp3) is 0.650. The molecule has 0 radical (unpaired) electrons. The molecule has 6 heteroatoms. The van der Waals surface area contributed by atoms with Crippen LogP contribution in [0.5, 0.6) is 0 Å². The second-order valence-electron chi connectivity index (χ2n) is 7.84. The van der Waals surface area contributed by atoms with E-state index in [0.29, 0.717) is 12.6 Å². The van der Waals surface area contributed by atoms with E-state index in [-0.39, 0.29) is 12.0 Å². The smallest absolute Gasteiger partial charge is 0.191 e. The van der Waals surface area contributed by atoms with Gasteiger partial charge < -0.3 is 15.7 Å². The van der Waals surface area contributed by atoms with Crippen LogP contribution in [-0.4, -0.2) is 54.8 Å². The molecule has 0 aliphatic carbocycles. The van der Waals surface area contributed by atoms with E-state index >= 15 is 0 Å². The molecule has 0 bridgehead atoms. The topological polar surface area (TPSA) is 59.9 Å². The summed E-state index contributed by atoms with van der Waals surface area (Å²) in [5.41, 5.74) is 1.18. The number of piperidine rings is 1. The van der Waals surface area contributed by atoms with Gasteiger partial charge in [-0.2, -0.15) is 0 Å². The third-order valence-electron chi connectivity index (χ3n) is 4.69. The van der Waals surface area contributed by atoms with Crippen molar-refractivity contribution in [1.82, 2.24) is 15.5 Å². The largest absolute Gasteiger partial charge is 0.396 e. The predicted molar refractivity (Wildman–Crippen MR) is 112 cm³/mol. The Morgan fingerprint density at radius 1 is 1.27 bits per heavy atom. The molecule has 1 fully saturated rings. The first-order valence-corrected chi connectivity index (χ1v) is 10.3. The minimum absolute atomic E-state index is 0.143. The molecule has 2 rings (SSSR count). The number of aliphatic hydroxyl groups excluding tert-OH is 1. The maximum absolute atomic E-state index is 9.41. The van der Waals surface area contributed by atoms with Crippen LogP contribution in [0.25, 0.3) is 0 Å². The highest BCUT2D eigenvalue weighted by molar-refractivity contribution is 9.10. The molecule has 1 aromatic carbocycles. The molecule has 0 aromatic heterocycles. The third kappa shape index (κ3) is 7.25. The molecule has 0 unspecified atom stereocenters. The molecule has 146 valence electrons. The lowest BCUT2D eigenvalue weighted by Crippen LogP contribution is -2.48. The zero-order valence-electron chi connectivity index (χ0n) is 16.3. The van der Waals surface area contributed by atoms with Crippen molar-refractivity contribution in [1.29, 1.82) is 0 Å². The van der Waals surface area contributed by atoms with Crippen molar-refractivity contribution >= 4 is 21.9 Å². The number of benzene rings is 1. The number of hydrogen-bond acceptors (Lipinski definition) is 3. The van der Waals surface area contributed by atoms with E-state index in [1.807, 2.05) is 13.8 Å². The Kier molecular flexibility index (Phi) is 8.38. The van der Waals surface area contributed by atoms with E-state index < -0.39 is 0 Å². The third-order valence-corrected chi connectivity index (χ3v) is 5.21. The van der Waals surface area contributed by atoms with Gasteiger partial charge in [0.15, 0.2) is 5.96 Å². The number of nitrogens with one attached hydrogen (secondary N) is 2. The van der Waals surface area contributed by atoms with Gasteiger partial charge in [0.05, 0.1) is 6.54 Å². The second kappa shape index (κ2) is 10.3. The summed E-state index contributed by atoms with van der Waals surface area (Å²) >= 11 is 3.49. The van der Waals surface area contributed by atoms with Crippen molar-refractivity contribution in [3.05, 3.63) is 34.3 Å². The van der Waals surface area contributed by atoms with Gasteiger partial charge in [-0.3, -0.25) is 9.89 Å². The number of halogens is 1. The molecule has 1 saturated heterocycles. The summed E-state index contributed by atoms with van der Waals surface area (Å²) in [6.45, 7) is 10.9. The van der Waals surface area contributed by atoms with Crippen LogP contribution in [0.1, 0.15) is 39.2 Å². The number of guanidine groups is 1. The Labute approximate surface area is 166 Å². The number of aliphatic hydroxyl groups is 1. The zero-order chi connectivity index (χ0) is 19.0. The molecule has 1 aliphatic heterocycles. The molecule has 26 heavy (non-hydrogen) atoms. The fourth-order valence-corrected chi connectivity index (χ4v) is 3.20. The average molecular weight is 425 g/mol. The minimum Gasteiger partial charge on any atom is -0.396 e. The monoisotopic (exact) mass is 424 g/mol. The van der Waals surface area contributed by atoms with Crippen molar-refractivity contribution in [2.24, 2.45) is 10.4 Å². The summed E-state index contributed by atoms with van der Waals surface area (Å²) in [7, 11) is 0. The standard InChI is InChI=1S/C20H33BrN4O/c1-4-22-19(23-14-20(2,3)15-26)24-18-9-11-25(12-10-18)13-16-5-7-17(21)8-6-16/h5-8,18,26H,4,9-15H2,1-3H3,(H2,22,23,24). The zero-order valence-corrected chi connectivity index (χ0v) is 17.8. The Bertz CT molecular complexity index is 566. The van der Waals surface area contributed by atoms with Crippen LogP contribution in [0, 0.1) is 5.41 Å². The molecule has 1 heterocycles. The van der Waals surface area contributed by atoms with Crippen molar-refractivity contribution in [3.8, 4) is 0 Å². The van der Waals surface area contributed by atoms with E-state index in [1.54, 1.807) is 0 Å². The van der Waals surface area contributed by atoms with E-state index in [1.165, 1.54) is 5.56 Å². The highest BCUT2D eigenvalue weighted by atomic mass is 79.9. The maximum Gasteiger partial charge on any atom is 0.191 e. The van der Waals surface area contributed by atoms with Gasteiger partial charge in [0.25, 0.3) is 0 Å². The second-order valence-corrected chi connectivity index (χ2v) is 8.75. The van der Waals surface area contributed by atoms with Crippen molar-refractivity contribution in [2.45, 2.75) is 46.2 Å². The van der Waals surface area contributed by atoms with Gasteiger partial charge >= 0.3 is 0 Å². The van der Waals surface area contributed by atoms with Gasteiger partial charge in [0.1, 0.15) is 0 Å². The summed E-state index contributed by atoms with van der Waals surface area (Å²) < 4.78 is 1.13. The Morgan fingerprint density at radius 3 is 2.50 bits per heavy atom. The summed E-state index contributed by atoms with van der Waals surface area (Å²) in [6, 6.07) is 9.04. The molecule has 0 amide bonds. The maximum atomic E-state index is 9.41. The molecule has 1 aliphatic rings. The summed E-state index contributed by atoms with van der Waals surface area (Å²) in [4.78, 5) is 7.18. The molecule has 5 nitrogen and oxygen atoms in total. The average Bonchev–Trinajstić information content (AvgIpc) is 2.63. The van der Waals surface area contributed by atoms with Gasteiger partial charge in [-0.1, -0.05) is 41.9 Å². The first-order chi connectivity index (χ1) is 12.4. The Balaban J connectivity index is 1.81. The summed E-state index contributed by atoms with van der Waals surface area (Å²) in [5, 5.41) is 16.3. The molecule has 0 saturated carbocycles. The van der Waals surface area contributed by atoms with Crippen LogP contribution < -0.4 is 10.6 Å². The van der Waals surface area contributed by atoms with Crippen LogP contribution in [0.4, 0.5) is 0 Å². The van der Waals surface area contributed by atoms with Crippen LogP contribution in [-0.2, 0) is 6.54 Å². The molecule has 3 N–H and O–H groups in total. The van der Waals surface area contributed by atoms with Gasteiger partial charge in [0.2, 0.25) is 0 Å². The minimum atomic E-state index is -0.184. The van der Waals surface area contributed by atoms with E-state index in [0.717, 1.165) is 49.5 Å².